The van der Waals surface area contributed by atoms with Gasteiger partial charge in [-0.15, -0.1) is 0 Å². The van der Waals surface area contributed by atoms with Crippen LogP contribution in [0.15, 0.2) is 16.8 Å². The topological polar surface area (TPSA) is 80.2 Å². The van der Waals surface area contributed by atoms with E-state index in [1.165, 1.54) is 0 Å². The van der Waals surface area contributed by atoms with Gasteiger partial charge < -0.3 is 16.0 Å². The Morgan fingerprint density at radius 2 is 1.95 bits per heavy atom. The minimum Gasteiger partial charge on any atom is -0.397 e. The molecule has 0 radical (unpaired) electrons. The predicted octanol–water partition coefficient (Wildman–Crippen LogP) is 1.95. The van der Waals surface area contributed by atoms with Crippen LogP contribution in [-0.2, 0) is 0 Å². The summed E-state index contributed by atoms with van der Waals surface area (Å²) < 4.78 is 4.76. The third kappa shape index (κ3) is 2.96. The van der Waals surface area contributed by atoms with Gasteiger partial charge >= 0.3 is 0 Å². The molecule has 6 heteroatoms. The average molecular weight is 263 g/mol. The summed E-state index contributed by atoms with van der Waals surface area (Å²) in [7, 11) is 0. The van der Waals surface area contributed by atoms with Crippen molar-refractivity contribution in [2.45, 2.75) is 26.8 Å². The Hall–Kier alpha value is -1.82. The average Bonchev–Trinajstić information content (AvgIpc) is 2.89. The van der Waals surface area contributed by atoms with Crippen molar-refractivity contribution in [2.75, 3.05) is 30.7 Å². The zero-order chi connectivity index (χ0) is 13.8. The highest BCUT2D eigenvalue weighted by atomic mass is 16.6. The Labute approximate surface area is 112 Å². The lowest BCUT2D eigenvalue weighted by Gasteiger charge is -2.24. The largest absolute Gasteiger partial charge is 0.397 e. The Kier molecular flexibility index (Phi) is 4.21. The third-order valence-electron chi connectivity index (χ3n) is 3.28. The van der Waals surface area contributed by atoms with Crippen molar-refractivity contribution in [3.05, 3.63) is 12.1 Å². The zero-order valence-electron chi connectivity index (χ0n) is 11.7. The Morgan fingerprint density at radius 3 is 2.63 bits per heavy atom. The van der Waals surface area contributed by atoms with Gasteiger partial charge in [-0.3, -0.25) is 0 Å². The molecule has 2 aromatic rings. The van der Waals surface area contributed by atoms with Crippen molar-refractivity contribution in [2.24, 2.45) is 0 Å². The molecule has 0 spiro atoms. The molecule has 0 saturated carbocycles. The second-order valence-corrected chi connectivity index (χ2v) is 4.70. The minimum absolute atomic E-state index is 0.309. The van der Waals surface area contributed by atoms with Crippen LogP contribution in [0.1, 0.15) is 20.8 Å². The number of nitrogen functional groups attached to an aromatic ring is 1. The van der Waals surface area contributed by atoms with E-state index in [4.69, 9.17) is 10.4 Å². The highest BCUT2D eigenvalue weighted by Crippen LogP contribution is 2.25. The van der Waals surface area contributed by atoms with Gasteiger partial charge in [0.05, 0.1) is 11.4 Å². The molecule has 0 aliphatic heterocycles. The van der Waals surface area contributed by atoms with Gasteiger partial charge in [0, 0.05) is 12.6 Å². The molecule has 19 heavy (non-hydrogen) atoms. The van der Waals surface area contributed by atoms with Crippen LogP contribution >= 0.6 is 0 Å². The zero-order valence-corrected chi connectivity index (χ0v) is 11.7. The van der Waals surface area contributed by atoms with Gasteiger partial charge in [0.15, 0.2) is 11.0 Å². The summed E-state index contributed by atoms with van der Waals surface area (Å²) in [6.07, 6.45) is 0. The van der Waals surface area contributed by atoms with E-state index in [0.29, 0.717) is 22.8 Å². The molecule has 6 nitrogen and oxygen atoms in total. The molecule has 1 aromatic heterocycles. The normalized spacial score (nSPS) is 13.1. The van der Waals surface area contributed by atoms with Crippen molar-refractivity contribution in [3.63, 3.8) is 0 Å². The Balaban J connectivity index is 2.13. The van der Waals surface area contributed by atoms with Crippen LogP contribution in [0.5, 0.6) is 0 Å². The summed E-state index contributed by atoms with van der Waals surface area (Å²) >= 11 is 0. The number of nitrogens with two attached hydrogens (primary N) is 1. The molecule has 104 valence electrons. The van der Waals surface area contributed by atoms with E-state index in [0.717, 1.165) is 25.3 Å². The fourth-order valence-electron chi connectivity index (χ4n) is 2.18. The maximum atomic E-state index is 5.83. The van der Waals surface area contributed by atoms with E-state index in [-0.39, 0.29) is 0 Å². The van der Waals surface area contributed by atoms with Crippen LogP contribution < -0.4 is 11.1 Å². The first-order chi connectivity index (χ1) is 9.15. The molecule has 2 rings (SSSR count). The van der Waals surface area contributed by atoms with Crippen LogP contribution in [0.3, 0.4) is 0 Å². The summed E-state index contributed by atoms with van der Waals surface area (Å²) in [5, 5.41) is 11.2. The summed E-state index contributed by atoms with van der Waals surface area (Å²) in [6.45, 7) is 9.55. The molecule has 0 amide bonds. The third-order valence-corrected chi connectivity index (χ3v) is 3.28. The van der Waals surface area contributed by atoms with Gasteiger partial charge in [-0.2, -0.15) is 0 Å². The number of hydrogen-bond donors (Lipinski definition) is 2. The smallest absolute Gasteiger partial charge is 0.160 e. The lowest BCUT2D eigenvalue weighted by Crippen LogP contribution is -2.34. The number of fused-ring (bicyclic) bond motifs is 1. The molecule has 0 fully saturated rings. The van der Waals surface area contributed by atoms with Gasteiger partial charge in [0.1, 0.15) is 0 Å². The first-order valence-corrected chi connectivity index (χ1v) is 6.65. The van der Waals surface area contributed by atoms with Gasteiger partial charge in [-0.05, 0) is 42.5 Å². The van der Waals surface area contributed by atoms with Crippen molar-refractivity contribution in [1.29, 1.82) is 0 Å². The molecule has 1 atom stereocenters. The molecule has 1 aromatic carbocycles. The van der Waals surface area contributed by atoms with Gasteiger partial charge in [0.2, 0.25) is 0 Å². The van der Waals surface area contributed by atoms with E-state index in [1.54, 1.807) is 0 Å². The number of hydrogen-bond acceptors (Lipinski definition) is 6. The van der Waals surface area contributed by atoms with Crippen LogP contribution in [0.2, 0.25) is 0 Å². The van der Waals surface area contributed by atoms with Crippen LogP contribution in [0, 0.1) is 0 Å². The molecular weight excluding hydrogens is 242 g/mol. The van der Waals surface area contributed by atoms with Gasteiger partial charge in [-0.25, -0.2) is 4.63 Å². The molecule has 0 saturated heterocycles. The van der Waals surface area contributed by atoms with E-state index in [1.807, 2.05) is 12.1 Å². The highest BCUT2D eigenvalue weighted by Gasteiger charge is 2.13. The van der Waals surface area contributed by atoms with Crippen molar-refractivity contribution in [3.8, 4) is 0 Å². The minimum atomic E-state index is 0.309. The number of benzene rings is 1. The van der Waals surface area contributed by atoms with Crippen molar-refractivity contribution < 1.29 is 4.63 Å². The van der Waals surface area contributed by atoms with E-state index in [9.17, 15) is 0 Å². The van der Waals surface area contributed by atoms with Gasteiger partial charge in [-0.1, -0.05) is 13.8 Å². The lowest BCUT2D eigenvalue weighted by molar-refractivity contribution is 0.294. The summed E-state index contributed by atoms with van der Waals surface area (Å²) in [5.74, 6) is 0. The molecule has 1 heterocycles. The molecule has 3 N–H and O–H groups in total. The number of likely N-dealkylation sites (N-methyl/N-ethyl adjacent to an activating group) is 1. The molecular formula is C13H21N5O. The lowest BCUT2D eigenvalue weighted by atomic mass is 10.2. The summed E-state index contributed by atoms with van der Waals surface area (Å²) in [6, 6.07) is 4.04. The first-order valence-electron chi connectivity index (χ1n) is 6.65. The van der Waals surface area contributed by atoms with E-state index < -0.39 is 0 Å². The van der Waals surface area contributed by atoms with Gasteiger partial charge in [0.25, 0.3) is 0 Å². The monoisotopic (exact) mass is 263 g/mol. The quantitative estimate of drug-likeness (QED) is 0.775. The Bertz CT molecular complexity index is 535. The molecule has 1 unspecified atom stereocenters. The maximum absolute atomic E-state index is 5.83. The van der Waals surface area contributed by atoms with Crippen molar-refractivity contribution in [1.82, 2.24) is 15.2 Å². The number of nitrogens with zero attached hydrogens (tertiary/aromatic N) is 3. The van der Waals surface area contributed by atoms with E-state index in [2.05, 4.69) is 41.3 Å². The van der Waals surface area contributed by atoms with E-state index >= 15 is 0 Å². The Morgan fingerprint density at radius 1 is 1.26 bits per heavy atom. The second-order valence-electron chi connectivity index (χ2n) is 4.70. The number of anilines is 2. The summed E-state index contributed by atoms with van der Waals surface area (Å²) in [5.41, 5.74) is 8.61. The first kappa shape index (κ1) is 13.6. The predicted molar refractivity (Wildman–Crippen MR) is 77.1 cm³/mol. The number of nitrogens with one attached hydrogen (secondary N) is 1. The SMILES string of the molecule is CCN(CC)CC(C)Nc1ccc(N)c2nonc12. The second kappa shape index (κ2) is 5.88. The highest BCUT2D eigenvalue weighted by molar-refractivity contribution is 5.95. The maximum Gasteiger partial charge on any atom is 0.160 e. The van der Waals surface area contributed by atoms with Crippen LogP contribution in [0.4, 0.5) is 11.4 Å². The fourth-order valence-corrected chi connectivity index (χ4v) is 2.18. The molecule has 0 bridgehead atoms. The van der Waals surface area contributed by atoms with Crippen molar-refractivity contribution >= 4 is 22.4 Å². The molecule has 0 aliphatic carbocycles. The van der Waals surface area contributed by atoms with Crippen LogP contribution in [-0.4, -0.2) is 40.9 Å². The fraction of sp³-hybridized carbons (Fsp3) is 0.538. The summed E-state index contributed by atoms with van der Waals surface area (Å²) in [4.78, 5) is 2.37. The standard InChI is InChI=1S/C13H21N5O/c1-4-18(5-2)8-9(3)15-11-7-6-10(14)12-13(11)17-19-16-12/h6-7,9,15H,4-5,8,14H2,1-3H3. The number of rotatable bonds is 6. The molecule has 0 aliphatic rings. The number of aromatic nitrogens is 2. The van der Waals surface area contributed by atoms with Crippen LogP contribution in [0.25, 0.3) is 11.0 Å².